The maximum absolute atomic E-state index is 6.38. The third-order valence-electron chi connectivity index (χ3n) is 6.15. The van der Waals surface area contributed by atoms with Gasteiger partial charge in [0.25, 0.3) is 0 Å². The van der Waals surface area contributed by atoms with Crippen molar-refractivity contribution in [3.05, 3.63) is 96.6 Å². The van der Waals surface area contributed by atoms with Gasteiger partial charge in [0.1, 0.15) is 17.7 Å². The zero-order valence-electron chi connectivity index (χ0n) is 16.8. The van der Waals surface area contributed by atoms with Crippen molar-refractivity contribution >= 4 is 11.0 Å². The highest BCUT2D eigenvalue weighted by molar-refractivity contribution is 5.83. The van der Waals surface area contributed by atoms with Crippen LogP contribution in [0.3, 0.4) is 0 Å². The van der Waals surface area contributed by atoms with Crippen molar-refractivity contribution in [1.29, 1.82) is 0 Å². The van der Waals surface area contributed by atoms with E-state index in [4.69, 9.17) is 9.72 Å². The van der Waals surface area contributed by atoms with Crippen LogP contribution in [0.25, 0.3) is 33.5 Å². The number of aryl methyl sites for hydroxylation is 1. The summed E-state index contributed by atoms with van der Waals surface area (Å²) >= 11 is 0. The molecule has 0 N–H and O–H groups in total. The van der Waals surface area contributed by atoms with Gasteiger partial charge in [-0.25, -0.2) is 4.98 Å². The molecule has 2 aliphatic rings. The van der Waals surface area contributed by atoms with Crippen LogP contribution in [0.4, 0.5) is 0 Å². The summed E-state index contributed by atoms with van der Waals surface area (Å²) in [5, 5.41) is 0. The van der Waals surface area contributed by atoms with E-state index in [9.17, 15) is 0 Å². The molecule has 0 fully saturated rings. The second-order valence-corrected chi connectivity index (χ2v) is 7.85. The van der Waals surface area contributed by atoms with Gasteiger partial charge in [-0.2, -0.15) is 0 Å². The van der Waals surface area contributed by atoms with E-state index >= 15 is 0 Å². The molecule has 0 bridgehead atoms. The highest BCUT2D eigenvalue weighted by atomic mass is 16.5. The first-order chi connectivity index (χ1) is 14.8. The Morgan fingerprint density at radius 2 is 1.73 bits per heavy atom. The first kappa shape index (κ1) is 17.3. The van der Waals surface area contributed by atoms with Crippen molar-refractivity contribution in [2.45, 2.75) is 25.5 Å². The lowest BCUT2D eigenvalue weighted by Crippen LogP contribution is -2.15. The molecule has 0 spiro atoms. The van der Waals surface area contributed by atoms with Gasteiger partial charge in [-0.05, 0) is 36.8 Å². The highest BCUT2D eigenvalue weighted by Gasteiger charge is 2.33. The molecule has 0 saturated carbocycles. The molecule has 4 aromatic rings. The van der Waals surface area contributed by atoms with E-state index in [1.165, 1.54) is 11.1 Å². The molecule has 1 aliphatic carbocycles. The van der Waals surface area contributed by atoms with Crippen LogP contribution in [0.5, 0.6) is 5.75 Å². The summed E-state index contributed by atoms with van der Waals surface area (Å²) in [6, 6.07) is 23.5. The predicted molar refractivity (Wildman–Crippen MR) is 122 cm³/mol. The summed E-state index contributed by atoms with van der Waals surface area (Å²) in [4.78, 5) is 4.93. The van der Waals surface area contributed by atoms with Gasteiger partial charge in [0, 0.05) is 29.2 Å². The Hall–Kier alpha value is -3.59. The molecular formula is C27H22N2O. The zero-order valence-corrected chi connectivity index (χ0v) is 16.8. The van der Waals surface area contributed by atoms with Gasteiger partial charge < -0.3 is 9.30 Å². The first-order valence-corrected chi connectivity index (χ1v) is 10.5. The minimum Gasteiger partial charge on any atom is -0.484 e. The number of hydrogen-bond acceptors (Lipinski definition) is 2. The number of rotatable bonds is 3. The van der Waals surface area contributed by atoms with Crippen molar-refractivity contribution in [2.75, 3.05) is 0 Å². The zero-order chi connectivity index (χ0) is 20.1. The molecule has 30 heavy (non-hydrogen) atoms. The standard InChI is InChI=1S/C27H22N2O/c1-2-29-24-15-5-4-14-23(24)28-27(29)19-10-7-9-18(17-19)20-12-8-13-22-21-11-3-6-16-25(21)30-26(20)22/h3-17,21,25H,2H2,1H3. The number of allylic oxidation sites excluding steroid dienone is 2. The van der Waals surface area contributed by atoms with Gasteiger partial charge >= 0.3 is 0 Å². The number of para-hydroxylation sites is 3. The fourth-order valence-electron chi connectivity index (χ4n) is 4.73. The van der Waals surface area contributed by atoms with Crippen molar-refractivity contribution < 1.29 is 4.74 Å². The molecule has 146 valence electrons. The Balaban J connectivity index is 1.48. The molecule has 2 heterocycles. The Labute approximate surface area is 176 Å². The summed E-state index contributed by atoms with van der Waals surface area (Å²) < 4.78 is 8.66. The second-order valence-electron chi connectivity index (χ2n) is 7.85. The van der Waals surface area contributed by atoms with Crippen LogP contribution in [0.1, 0.15) is 18.4 Å². The molecule has 3 heteroatoms. The maximum atomic E-state index is 6.38. The molecule has 2 atom stereocenters. The number of nitrogens with zero attached hydrogens (tertiary/aromatic N) is 2. The Bertz CT molecular complexity index is 1330. The van der Waals surface area contributed by atoms with Crippen LogP contribution in [0.2, 0.25) is 0 Å². The summed E-state index contributed by atoms with van der Waals surface area (Å²) in [5.74, 6) is 2.32. The molecule has 0 amide bonds. The van der Waals surface area contributed by atoms with Crippen LogP contribution in [-0.2, 0) is 6.54 Å². The average Bonchev–Trinajstić information content (AvgIpc) is 3.37. The topological polar surface area (TPSA) is 27.1 Å². The van der Waals surface area contributed by atoms with Crippen LogP contribution in [0, 0.1) is 0 Å². The number of imidazole rings is 1. The lowest BCUT2D eigenvalue weighted by molar-refractivity contribution is 0.270. The summed E-state index contributed by atoms with van der Waals surface area (Å²) in [6.07, 6.45) is 8.66. The molecule has 2 unspecified atom stereocenters. The van der Waals surface area contributed by atoms with Gasteiger partial charge in [0.2, 0.25) is 0 Å². The Kier molecular flexibility index (Phi) is 3.88. The number of ether oxygens (including phenoxy) is 1. The summed E-state index contributed by atoms with van der Waals surface area (Å²) in [7, 11) is 0. The molecule has 1 aromatic heterocycles. The third kappa shape index (κ3) is 2.55. The van der Waals surface area contributed by atoms with Crippen molar-refractivity contribution in [2.24, 2.45) is 0 Å². The van der Waals surface area contributed by atoms with E-state index in [1.54, 1.807) is 0 Å². The molecule has 0 saturated heterocycles. The number of hydrogen-bond donors (Lipinski definition) is 0. The number of aromatic nitrogens is 2. The van der Waals surface area contributed by atoms with Gasteiger partial charge in [0.15, 0.2) is 0 Å². The second kappa shape index (κ2) is 6.74. The quantitative estimate of drug-likeness (QED) is 0.407. The van der Waals surface area contributed by atoms with Crippen molar-refractivity contribution in [1.82, 2.24) is 9.55 Å². The van der Waals surface area contributed by atoms with E-state index in [0.717, 1.165) is 40.3 Å². The van der Waals surface area contributed by atoms with E-state index in [-0.39, 0.29) is 6.10 Å². The molecule has 3 aromatic carbocycles. The van der Waals surface area contributed by atoms with Crippen LogP contribution < -0.4 is 4.74 Å². The molecule has 0 radical (unpaired) electrons. The normalized spacial score (nSPS) is 19.0. The van der Waals surface area contributed by atoms with Gasteiger partial charge in [-0.3, -0.25) is 0 Å². The smallest absolute Gasteiger partial charge is 0.141 e. The number of fused-ring (bicyclic) bond motifs is 4. The van der Waals surface area contributed by atoms with Crippen LogP contribution in [-0.4, -0.2) is 15.7 Å². The highest BCUT2D eigenvalue weighted by Crippen LogP contribution is 2.46. The molecule has 1 aliphatic heterocycles. The van der Waals surface area contributed by atoms with Crippen LogP contribution in [0.15, 0.2) is 91.0 Å². The van der Waals surface area contributed by atoms with E-state index in [1.807, 2.05) is 6.07 Å². The lowest BCUT2D eigenvalue weighted by Gasteiger charge is -2.14. The monoisotopic (exact) mass is 390 g/mol. The minimum atomic E-state index is 0.0959. The largest absolute Gasteiger partial charge is 0.484 e. The Morgan fingerprint density at radius 1 is 0.900 bits per heavy atom. The first-order valence-electron chi connectivity index (χ1n) is 10.5. The van der Waals surface area contributed by atoms with Gasteiger partial charge in [0.05, 0.1) is 11.0 Å². The average molecular weight is 390 g/mol. The fourth-order valence-corrected chi connectivity index (χ4v) is 4.73. The molecule has 6 rings (SSSR count). The van der Waals surface area contributed by atoms with Gasteiger partial charge in [-0.15, -0.1) is 0 Å². The molecular weight excluding hydrogens is 368 g/mol. The van der Waals surface area contributed by atoms with Crippen molar-refractivity contribution in [3.8, 4) is 28.3 Å². The summed E-state index contributed by atoms with van der Waals surface area (Å²) in [6.45, 7) is 3.05. The van der Waals surface area contributed by atoms with E-state index in [2.05, 4.69) is 96.5 Å². The Morgan fingerprint density at radius 3 is 2.67 bits per heavy atom. The predicted octanol–water partition coefficient (Wildman–Crippen LogP) is 6.36. The van der Waals surface area contributed by atoms with Crippen molar-refractivity contribution in [3.63, 3.8) is 0 Å². The lowest BCUT2D eigenvalue weighted by atomic mass is 9.90. The van der Waals surface area contributed by atoms with Gasteiger partial charge in [-0.1, -0.05) is 66.8 Å². The van der Waals surface area contributed by atoms with E-state index in [0.29, 0.717) is 5.92 Å². The SMILES string of the molecule is CCn1c(-c2cccc(-c3cccc4c3OC3C=CC=CC43)c2)nc2ccccc21. The van der Waals surface area contributed by atoms with Crippen LogP contribution >= 0.6 is 0 Å². The summed E-state index contributed by atoms with van der Waals surface area (Å²) in [5.41, 5.74) is 6.90. The maximum Gasteiger partial charge on any atom is 0.141 e. The number of benzene rings is 3. The minimum absolute atomic E-state index is 0.0959. The van der Waals surface area contributed by atoms with E-state index < -0.39 is 0 Å². The molecule has 3 nitrogen and oxygen atoms in total. The third-order valence-corrected chi connectivity index (χ3v) is 6.15. The fraction of sp³-hybridized carbons (Fsp3) is 0.148.